The summed E-state index contributed by atoms with van der Waals surface area (Å²) in [6.45, 7) is 1.47. The SMILES string of the molecule is CC(NC(=O)C(CC(N)=O)NC(=O)C(Cc1cnc[nH]1)NC(=O)C(N)CCCN=C(N)N)C(=O)O. The van der Waals surface area contributed by atoms with Crippen molar-refractivity contribution in [2.45, 2.75) is 56.8 Å². The first-order valence-electron chi connectivity index (χ1n) is 10.6. The topological polar surface area (TPSA) is 287 Å². The van der Waals surface area contributed by atoms with Crippen molar-refractivity contribution >= 4 is 35.6 Å². The highest BCUT2D eigenvalue weighted by Gasteiger charge is 2.30. The van der Waals surface area contributed by atoms with Crippen molar-refractivity contribution in [2.24, 2.45) is 27.9 Å². The first-order valence-corrected chi connectivity index (χ1v) is 10.6. The quantitative estimate of drug-likeness (QED) is 0.0640. The van der Waals surface area contributed by atoms with Crippen LogP contribution in [0.1, 0.15) is 31.9 Å². The van der Waals surface area contributed by atoms with E-state index in [1.165, 1.54) is 19.4 Å². The number of guanidine groups is 1. The van der Waals surface area contributed by atoms with Crippen LogP contribution < -0.4 is 38.9 Å². The lowest BCUT2D eigenvalue weighted by Gasteiger charge is -2.24. The number of carbonyl (C=O) groups is 5. The number of hydrogen-bond acceptors (Lipinski definition) is 8. The Morgan fingerprint density at radius 2 is 1.69 bits per heavy atom. The third-order valence-corrected chi connectivity index (χ3v) is 4.68. The number of hydrogen-bond donors (Lipinski definition) is 9. The second kappa shape index (κ2) is 14.1. The van der Waals surface area contributed by atoms with Crippen molar-refractivity contribution in [2.75, 3.05) is 6.54 Å². The molecular formula is C19H32N10O6. The van der Waals surface area contributed by atoms with Crippen molar-refractivity contribution in [3.8, 4) is 0 Å². The third-order valence-electron chi connectivity index (χ3n) is 4.68. The maximum absolute atomic E-state index is 13.0. The Morgan fingerprint density at radius 3 is 2.23 bits per heavy atom. The highest BCUT2D eigenvalue weighted by atomic mass is 16.4. The minimum Gasteiger partial charge on any atom is -0.480 e. The zero-order valence-corrected chi connectivity index (χ0v) is 19.2. The Morgan fingerprint density at radius 1 is 1.06 bits per heavy atom. The van der Waals surface area contributed by atoms with Gasteiger partial charge in [0.15, 0.2) is 5.96 Å². The lowest BCUT2D eigenvalue weighted by Crippen LogP contribution is -2.58. The van der Waals surface area contributed by atoms with Gasteiger partial charge in [-0.1, -0.05) is 0 Å². The smallest absolute Gasteiger partial charge is 0.325 e. The fraction of sp³-hybridized carbons (Fsp3) is 0.526. The number of aliphatic imine (C=N–C) groups is 1. The Hall–Kier alpha value is -4.21. The number of nitrogens with two attached hydrogens (primary N) is 4. The van der Waals surface area contributed by atoms with Gasteiger partial charge in [0, 0.05) is 24.9 Å². The van der Waals surface area contributed by atoms with E-state index in [-0.39, 0.29) is 25.3 Å². The Kier molecular flexibility index (Phi) is 11.6. The van der Waals surface area contributed by atoms with Crippen LogP contribution in [0, 0.1) is 0 Å². The predicted molar refractivity (Wildman–Crippen MR) is 123 cm³/mol. The molecule has 13 N–H and O–H groups in total. The van der Waals surface area contributed by atoms with Gasteiger partial charge in [0.1, 0.15) is 18.1 Å². The van der Waals surface area contributed by atoms with Gasteiger partial charge in [-0.3, -0.25) is 29.0 Å². The van der Waals surface area contributed by atoms with Crippen molar-refractivity contribution in [1.82, 2.24) is 25.9 Å². The molecule has 0 saturated heterocycles. The minimum atomic E-state index is -1.48. The minimum absolute atomic E-state index is 0.0469. The number of primary amides is 1. The van der Waals surface area contributed by atoms with Crippen LogP contribution in [0.2, 0.25) is 0 Å². The van der Waals surface area contributed by atoms with Gasteiger partial charge < -0.3 is 49.0 Å². The van der Waals surface area contributed by atoms with Gasteiger partial charge in [-0.15, -0.1) is 0 Å². The molecule has 4 unspecified atom stereocenters. The second-order valence-electron chi connectivity index (χ2n) is 7.70. The van der Waals surface area contributed by atoms with E-state index in [4.69, 9.17) is 28.0 Å². The molecule has 0 fully saturated rings. The van der Waals surface area contributed by atoms with Crippen molar-refractivity contribution in [3.63, 3.8) is 0 Å². The summed E-state index contributed by atoms with van der Waals surface area (Å²) in [5.74, 6) is -4.73. The van der Waals surface area contributed by atoms with E-state index in [9.17, 15) is 24.0 Å². The summed E-state index contributed by atoms with van der Waals surface area (Å²) in [5, 5.41) is 16.0. The Balaban J connectivity index is 2.94. The molecule has 1 aromatic rings. The van der Waals surface area contributed by atoms with E-state index in [0.29, 0.717) is 12.1 Å². The number of aromatic nitrogens is 2. The van der Waals surface area contributed by atoms with Gasteiger partial charge in [-0.05, 0) is 19.8 Å². The summed E-state index contributed by atoms with van der Waals surface area (Å²) in [6, 6.07) is -4.96. The third kappa shape index (κ3) is 11.0. The molecule has 0 aliphatic carbocycles. The summed E-state index contributed by atoms with van der Waals surface area (Å²) in [5.41, 5.74) is 22.0. The Labute approximate surface area is 200 Å². The molecule has 35 heavy (non-hydrogen) atoms. The van der Waals surface area contributed by atoms with Crippen LogP contribution in [0.4, 0.5) is 0 Å². The first kappa shape index (κ1) is 28.8. The monoisotopic (exact) mass is 496 g/mol. The number of nitrogens with one attached hydrogen (secondary N) is 4. The summed E-state index contributed by atoms with van der Waals surface area (Å²) >= 11 is 0. The maximum atomic E-state index is 13.0. The number of rotatable bonds is 15. The molecule has 0 spiro atoms. The number of amides is 4. The number of aliphatic carboxylic acids is 1. The van der Waals surface area contributed by atoms with Gasteiger partial charge >= 0.3 is 5.97 Å². The molecule has 0 bridgehead atoms. The summed E-state index contributed by atoms with van der Waals surface area (Å²) in [4.78, 5) is 70.9. The molecule has 0 radical (unpaired) electrons. The second-order valence-corrected chi connectivity index (χ2v) is 7.70. The molecule has 1 aromatic heterocycles. The molecule has 0 aliphatic rings. The summed E-state index contributed by atoms with van der Waals surface area (Å²) in [6.07, 6.45) is 2.79. The zero-order valence-electron chi connectivity index (χ0n) is 19.2. The number of imidazole rings is 1. The number of carboxylic acids is 1. The van der Waals surface area contributed by atoms with Crippen molar-refractivity contribution in [3.05, 3.63) is 18.2 Å². The number of carboxylic acid groups (broad SMARTS) is 1. The van der Waals surface area contributed by atoms with Gasteiger partial charge in [0.2, 0.25) is 23.6 Å². The number of nitrogens with zero attached hydrogens (tertiary/aromatic N) is 2. The van der Waals surface area contributed by atoms with E-state index >= 15 is 0 Å². The highest BCUT2D eigenvalue weighted by Crippen LogP contribution is 2.04. The van der Waals surface area contributed by atoms with Crippen LogP contribution in [0.25, 0.3) is 0 Å². The predicted octanol–water partition coefficient (Wildman–Crippen LogP) is -4.23. The van der Waals surface area contributed by atoms with E-state index in [1.807, 2.05) is 0 Å². The summed E-state index contributed by atoms with van der Waals surface area (Å²) in [7, 11) is 0. The molecule has 0 aromatic carbocycles. The number of aromatic amines is 1. The van der Waals surface area contributed by atoms with Crippen LogP contribution in [0.5, 0.6) is 0 Å². The van der Waals surface area contributed by atoms with E-state index in [2.05, 4.69) is 30.9 Å². The van der Waals surface area contributed by atoms with Crippen LogP contribution in [-0.4, -0.2) is 81.3 Å². The van der Waals surface area contributed by atoms with Crippen molar-refractivity contribution in [1.29, 1.82) is 0 Å². The first-order chi connectivity index (χ1) is 16.4. The van der Waals surface area contributed by atoms with Crippen LogP contribution in [-0.2, 0) is 30.4 Å². The molecule has 16 heteroatoms. The normalized spacial score (nSPS) is 14.0. The van der Waals surface area contributed by atoms with E-state index in [1.54, 1.807) is 0 Å². The molecule has 0 aliphatic heterocycles. The van der Waals surface area contributed by atoms with E-state index < -0.39 is 60.2 Å². The van der Waals surface area contributed by atoms with Gasteiger partial charge in [-0.2, -0.15) is 0 Å². The lowest BCUT2D eigenvalue weighted by atomic mass is 10.1. The van der Waals surface area contributed by atoms with Crippen LogP contribution >= 0.6 is 0 Å². The number of carbonyl (C=O) groups excluding carboxylic acids is 4. The molecule has 4 amide bonds. The van der Waals surface area contributed by atoms with Gasteiger partial charge in [0.05, 0.1) is 18.8 Å². The fourth-order valence-corrected chi connectivity index (χ4v) is 2.81. The molecule has 1 heterocycles. The Bertz CT molecular complexity index is 915. The average molecular weight is 497 g/mol. The van der Waals surface area contributed by atoms with Gasteiger partial charge in [-0.25, -0.2) is 4.98 Å². The van der Waals surface area contributed by atoms with Crippen molar-refractivity contribution < 1.29 is 29.1 Å². The maximum Gasteiger partial charge on any atom is 0.325 e. The zero-order chi connectivity index (χ0) is 26.5. The molecule has 4 atom stereocenters. The molecule has 1 rings (SSSR count). The molecular weight excluding hydrogens is 464 g/mol. The largest absolute Gasteiger partial charge is 0.480 e. The lowest BCUT2D eigenvalue weighted by molar-refractivity contribution is -0.142. The van der Waals surface area contributed by atoms with Crippen LogP contribution in [0.15, 0.2) is 17.5 Å². The number of H-pyrrole nitrogens is 1. The molecule has 194 valence electrons. The fourth-order valence-electron chi connectivity index (χ4n) is 2.81. The summed E-state index contributed by atoms with van der Waals surface area (Å²) < 4.78 is 0. The highest BCUT2D eigenvalue weighted by molar-refractivity contribution is 5.96. The standard InChI is InChI=1S/C19H32N10O6/c1-9(18(34)35)27-16(32)13(6-14(21)30)29-17(33)12(5-10-7-24-8-26-10)28-15(31)11(20)3-2-4-25-19(22)23/h7-9,11-13H,2-6,20H2,1H3,(H2,21,30)(H,24,26)(H,27,32)(H,28,31)(H,29,33)(H,34,35)(H4,22,23,25). The molecule has 16 nitrogen and oxygen atoms in total. The van der Waals surface area contributed by atoms with Crippen LogP contribution in [0.3, 0.4) is 0 Å². The van der Waals surface area contributed by atoms with E-state index in [0.717, 1.165) is 0 Å². The molecule has 0 saturated carbocycles. The average Bonchev–Trinajstić information content (AvgIpc) is 3.28. The van der Waals surface area contributed by atoms with Gasteiger partial charge in [0.25, 0.3) is 0 Å².